The highest BCUT2D eigenvalue weighted by atomic mass is 16.5. The molecule has 0 heterocycles. The van der Waals surface area contributed by atoms with Crippen LogP contribution in [0.3, 0.4) is 0 Å². The third kappa shape index (κ3) is 4.34. The molecule has 112 valence electrons. The largest absolute Gasteiger partial charge is 0.506 e. The molecule has 0 radical (unpaired) electrons. The van der Waals surface area contributed by atoms with E-state index in [0.29, 0.717) is 5.56 Å². The van der Waals surface area contributed by atoms with Gasteiger partial charge in [-0.2, -0.15) is 0 Å². The van der Waals surface area contributed by atoms with Crippen LogP contribution < -0.4 is 5.32 Å². The fraction of sp³-hybridized carbons (Fsp3) is 0.214. The molecule has 2 N–H and O–H groups in total. The highest BCUT2D eigenvalue weighted by Crippen LogP contribution is 2.26. The molecule has 0 aromatic heterocycles. The number of nitrogens with one attached hydrogen (secondary N) is 1. The minimum Gasteiger partial charge on any atom is -0.506 e. The molecule has 0 atom stereocenters. The molecule has 0 aliphatic rings. The van der Waals surface area contributed by atoms with Crippen LogP contribution in [0.25, 0.3) is 0 Å². The lowest BCUT2D eigenvalue weighted by Crippen LogP contribution is -2.15. The number of benzene rings is 1. The maximum absolute atomic E-state index is 11.6. The Morgan fingerprint density at radius 1 is 1.19 bits per heavy atom. The van der Waals surface area contributed by atoms with E-state index < -0.39 is 11.9 Å². The molecule has 0 aliphatic carbocycles. The molecule has 1 rings (SSSR count). The average Bonchev–Trinajstić information content (AvgIpc) is 2.47. The van der Waals surface area contributed by atoms with E-state index in [0.717, 1.165) is 20.3 Å². The molecular formula is C14H15NO6. The summed E-state index contributed by atoms with van der Waals surface area (Å²) in [5, 5.41) is 12.3. The van der Waals surface area contributed by atoms with Gasteiger partial charge in [-0.05, 0) is 25.1 Å². The number of anilines is 1. The Balaban J connectivity index is 3.17. The van der Waals surface area contributed by atoms with Gasteiger partial charge in [0.1, 0.15) is 11.4 Å². The second-order valence-electron chi connectivity index (χ2n) is 3.99. The average molecular weight is 293 g/mol. The quantitative estimate of drug-likeness (QED) is 0.364. The summed E-state index contributed by atoms with van der Waals surface area (Å²) in [5.41, 5.74) is 0.182. The van der Waals surface area contributed by atoms with Crippen molar-refractivity contribution in [2.24, 2.45) is 0 Å². The molecule has 0 aliphatic heterocycles. The molecule has 0 unspecified atom stereocenters. The molecule has 1 aromatic rings. The van der Waals surface area contributed by atoms with Crippen molar-refractivity contribution in [1.29, 1.82) is 0 Å². The van der Waals surface area contributed by atoms with Gasteiger partial charge in [-0.3, -0.25) is 4.79 Å². The van der Waals surface area contributed by atoms with Crippen LogP contribution in [-0.4, -0.2) is 37.0 Å². The van der Waals surface area contributed by atoms with Crippen molar-refractivity contribution in [2.75, 3.05) is 19.5 Å². The molecule has 7 heteroatoms. The maximum atomic E-state index is 11.6. The van der Waals surface area contributed by atoms with E-state index in [-0.39, 0.29) is 22.9 Å². The smallest absolute Gasteiger partial charge is 0.354 e. The van der Waals surface area contributed by atoms with Gasteiger partial charge in [0, 0.05) is 5.56 Å². The number of carbonyl (C=O) groups is 3. The zero-order chi connectivity index (χ0) is 16.0. The lowest BCUT2D eigenvalue weighted by Gasteiger charge is -2.11. The van der Waals surface area contributed by atoms with Crippen molar-refractivity contribution in [3.63, 3.8) is 0 Å². The van der Waals surface area contributed by atoms with Crippen LogP contribution in [0.1, 0.15) is 17.3 Å². The number of rotatable bonds is 5. The van der Waals surface area contributed by atoms with Gasteiger partial charge < -0.3 is 19.9 Å². The highest BCUT2D eigenvalue weighted by molar-refractivity contribution is 6.00. The van der Waals surface area contributed by atoms with Gasteiger partial charge in [0.25, 0.3) is 0 Å². The zero-order valence-corrected chi connectivity index (χ0v) is 11.8. The minimum absolute atomic E-state index is 0.0863. The normalized spacial score (nSPS) is 10.7. The number of aromatic hydroxyl groups is 1. The predicted molar refractivity (Wildman–Crippen MR) is 73.8 cm³/mol. The number of hydrogen-bond acceptors (Lipinski definition) is 7. The van der Waals surface area contributed by atoms with Crippen LogP contribution in [0.2, 0.25) is 0 Å². The molecule has 0 spiro atoms. The summed E-state index contributed by atoms with van der Waals surface area (Å²) >= 11 is 0. The Labute approximate surface area is 121 Å². The molecule has 21 heavy (non-hydrogen) atoms. The first-order valence-corrected chi connectivity index (χ1v) is 5.88. The first-order valence-electron chi connectivity index (χ1n) is 5.88. The van der Waals surface area contributed by atoms with Crippen LogP contribution in [0.15, 0.2) is 30.0 Å². The van der Waals surface area contributed by atoms with Crippen LogP contribution in [0.4, 0.5) is 5.69 Å². The molecule has 0 saturated carbocycles. The molecule has 0 saturated heterocycles. The Hall–Kier alpha value is -2.83. The van der Waals surface area contributed by atoms with Crippen LogP contribution in [0, 0.1) is 0 Å². The van der Waals surface area contributed by atoms with Crippen molar-refractivity contribution in [3.8, 4) is 5.75 Å². The van der Waals surface area contributed by atoms with E-state index in [1.165, 1.54) is 25.1 Å². The van der Waals surface area contributed by atoms with Gasteiger partial charge in [-0.25, -0.2) is 9.59 Å². The van der Waals surface area contributed by atoms with Crippen molar-refractivity contribution in [3.05, 3.63) is 35.5 Å². The number of ketones is 1. The van der Waals surface area contributed by atoms with Crippen LogP contribution in [0.5, 0.6) is 5.75 Å². The van der Waals surface area contributed by atoms with Gasteiger partial charge >= 0.3 is 11.9 Å². The van der Waals surface area contributed by atoms with Gasteiger partial charge in [0.15, 0.2) is 5.78 Å². The summed E-state index contributed by atoms with van der Waals surface area (Å²) in [4.78, 5) is 34.1. The van der Waals surface area contributed by atoms with E-state index in [1.807, 2.05) is 0 Å². The van der Waals surface area contributed by atoms with Crippen molar-refractivity contribution in [2.45, 2.75) is 6.92 Å². The number of carbonyl (C=O) groups excluding carboxylic acids is 3. The number of Topliss-reactive ketones (excluding diaryl/α,β-unsaturated/α-hetero) is 1. The Bertz CT molecular complexity index is 605. The second-order valence-corrected chi connectivity index (χ2v) is 3.99. The molecule has 0 amide bonds. The molecule has 7 nitrogen and oxygen atoms in total. The third-order valence-electron chi connectivity index (χ3n) is 2.54. The van der Waals surface area contributed by atoms with E-state index in [4.69, 9.17) is 0 Å². The van der Waals surface area contributed by atoms with E-state index in [2.05, 4.69) is 14.8 Å². The number of phenolic OH excluding ortho intramolecular Hbond substituents is 1. The van der Waals surface area contributed by atoms with Gasteiger partial charge in [-0.15, -0.1) is 0 Å². The van der Waals surface area contributed by atoms with E-state index >= 15 is 0 Å². The summed E-state index contributed by atoms with van der Waals surface area (Å²) in [7, 11) is 2.29. The van der Waals surface area contributed by atoms with Crippen molar-refractivity contribution >= 4 is 23.4 Å². The number of ether oxygens (including phenoxy) is 2. The maximum Gasteiger partial charge on any atom is 0.354 e. The Kier molecular flexibility index (Phi) is 5.48. The van der Waals surface area contributed by atoms with Crippen molar-refractivity contribution < 1.29 is 29.0 Å². The molecular weight excluding hydrogens is 278 g/mol. The summed E-state index contributed by atoms with van der Waals surface area (Å²) in [6, 6.07) is 4.09. The summed E-state index contributed by atoms with van der Waals surface area (Å²) in [5.74, 6) is -2.01. The standard InChI is InChI=1S/C14H15NO6/c1-8(16)9-4-5-12(17)10(6-9)15-11(14(19)21-3)7-13(18)20-2/h4-7,15,17H,1-3H3/b11-7+. The third-order valence-corrected chi connectivity index (χ3v) is 2.54. The second kappa shape index (κ2) is 7.09. The SMILES string of the molecule is COC(=O)/C=C(/Nc1cc(C(C)=O)ccc1O)C(=O)OC. The van der Waals surface area contributed by atoms with Gasteiger partial charge in [-0.1, -0.05) is 0 Å². The fourth-order valence-corrected chi connectivity index (χ4v) is 1.43. The van der Waals surface area contributed by atoms with Crippen LogP contribution in [-0.2, 0) is 19.1 Å². The Morgan fingerprint density at radius 2 is 1.86 bits per heavy atom. The van der Waals surface area contributed by atoms with Gasteiger partial charge in [0.05, 0.1) is 26.0 Å². The molecule has 1 aromatic carbocycles. The van der Waals surface area contributed by atoms with Gasteiger partial charge in [0.2, 0.25) is 0 Å². The van der Waals surface area contributed by atoms with E-state index in [9.17, 15) is 19.5 Å². The number of methoxy groups -OCH3 is 2. The first-order chi connectivity index (χ1) is 9.88. The Morgan fingerprint density at radius 3 is 2.38 bits per heavy atom. The number of esters is 2. The summed E-state index contributed by atoms with van der Waals surface area (Å²) in [6.45, 7) is 1.36. The monoisotopic (exact) mass is 293 g/mol. The lowest BCUT2D eigenvalue weighted by molar-refractivity contribution is -0.138. The summed E-state index contributed by atoms with van der Waals surface area (Å²) in [6.07, 6.45) is 0.881. The molecule has 0 fully saturated rings. The predicted octanol–water partition coefficient (Wildman–Crippen LogP) is 1.24. The number of hydrogen-bond donors (Lipinski definition) is 2. The van der Waals surface area contributed by atoms with E-state index in [1.54, 1.807) is 0 Å². The zero-order valence-electron chi connectivity index (χ0n) is 11.8. The topological polar surface area (TPSA) is 102 Å². The molecule has 0 bridgehead atoms. The fourth-order valence-electron chi connectivity index (χ4n) is 1.43. The summed E-state index contributed by atoms with van der Waals surface area (Å²) < 4.78 is 8.95. The minimum atomic E-state index is -0.826. The van der Waals surface area contributed by atoms with Crippen LogP contribution >= 0.6 is 0 Å². The van der Waals surface area contributed by atoms with Crippen molar-refractivity contribution in [1.82, 2.24) is 0 Å². The first kappa shape index (κ1) is 16.2. The number of phenols is 1. The lowest BCUT2D eigenvalue weighted by atomic mass is 10.1. The highest BCUT2D eigenvalue weighted by Gasteiger charge is 2.15.